The normalized spacial score (nSPS) is 12.2. The van der Waals surface area contributed by atoms with Crippen LogP contribution in [-0.2, 0) is 21.7 Å². The van der Waals surface area contributed by atoms with Crippen molar-refractivity contribution in [1.29, 1.82) is 0 Å². The Morgan fingerprint density at radius 2 is 1.72 bits per heavy atom. The van der Waals surface area contributed by atoms with Gasteiger partial charge in [-0.05, 0) is 54.2 Å². The van der Waals surface area contributed by atoms with Crippen molar-refractivity contribution < 1.29 is 13.2 Å². The first-order chi connectivity index (χ1) is 13.6. The van der Waals surface area contributed by atoms with Crippen LogP contribution < -0.4 is 4.74 Å². The van der Waals surface area contributed by atoms with E-state index in [2.05, 4.69) is 31.1 Å². The number of ether oxygens (including phenoxy) is 1. The molecule has 0 saturated carbocycles. The molecule has 0 spiro atoms. The van der Waals surface area contributed by atoms with Crippen molar-refractivity contribution in [3.63, 3.8) is 0 Å². The van der Waals surface area contributed by atoms with Crippen molar-refractivity contribution in [2.45, 2.75) is 56.4 Å². The smallest absolute Gasteiger partial charge is 0.227 e. The molecule has 29 heavy (non-hydrogen) atoms. The highest BCUT2D eigenvalue weighted by molar-refractivity contribution is 7.91. The van der Waals surface area contributed by atoms with Crippen molar-refractivity contribution in [1.82, 2.24) is 15.0 Å². The molecule has 0 fully saturated rings. The Labute approximate surface area is 172 Å². The first-order valence-electron chi connectivity index (χ1n) is 9.54. The van der Waals surface area contributed by atoms with Gasteiger partial charge in [0.25, 0.3) is 0 Å². The molecule has 2 aromatic carbocycles. The van der Waals surface area contributed by atoms with Crippen LogP contribution in [-0.4, -0.2) is 30.5 Å². The van der Waals surface area contributed by atoms with Gasteiger partial charge in [0.15, 0.2) is 0 Å². The minimum absolute atomic E-state index is 0.0212. The summed E-state index contributed by atoms with van der Waals surface area (Å²) in [5.74, 6) is 0.605. The highest BCUT2D eigenvalue weighted by atomic mass is 32.2. The lowest BCUT2D eigenvalue weighted by atomic mass is 9.87. The Kier molecular flexibility index (Phi) is 5.54. The van der Waals surface area contributed by atoms with Gasteiger partial charge >= 0.3 is 0 Å². The SMILES string of the molecule is CCc1c(S(=O)(=O)c2ccc(C(C)(C)C)cc2)nnn1-c1cc(C)ccc1OC. The van der Waals surface area contributed by atoms with Crippen LogP contribution in [0.3, 0.4) is 0 Å². The zero-order chi connectivity index (χ0) is 21.4. The van der Waals surface area contributed by atoms with Gasteiger partial charge in [0.05, 0.1) is 17.7 Å². The molecule has 0 bridgehead atoms. The standard InChI is InChI=1S/C22H27N3O3S/c1-7-18-21(23-24-25(18)19-14-15(2)8-13-20(19)28-6)29(26,27)17-11-9-16(10-12-17)22(3,4)5/h8-14H,7H2,1-6H3. The van der Waals surface area contributed by atoms with E-state index in [0.717, 1.165) is 11.1 Å². The highest BCUT2D eigenvalue weighted by Gasteiger charge is 2.28. The highest BCUT2D eigenvalue weighted by Crippen LogP contribution is 2.30. The summed E-state index contributed by atoms with van der Waals surface area (Å²) in [6, 6.07) is 12.7. The number of aromatic nitrogens is 3. The third-order valence-electron chi connectivity index (χ3n) is 4.91. The molecule has 3 aromatic rings. The Morgan fingerprint density at radius 3 is 2.28 bits per heavy atom. The number of nitrogens with zero attached hydrogens (tertiary/aromatic N) is 3. The number of benzene rings is 2. The summed E-state index contributed by atoms with van der Waals surface area (Å²) in [5.41, 5.74) is 3.22. The van der Waals surface area contributed by atoms with Crippen LogP contribution in [0.1, 0.15) is 44.5 Å². The fraction of sp³-hybridized carbons (Fsp3) is 0.364. The zero-order valence-corrected chi connectivity index (χ0v) is 18.5. The van der Waals surface area contributed by atoms with E-state index in [9.17, 15) is 8.42 Å². The molecule has 0 N–H and O–H groups in total. The fourth-order valence-electron chi connectivity index (χ4n) is 3.20. The second-order valence-corrected chi connectivity index (χ2v) is 9.92. The monoisotopic (exact) mass is 413 g/mol. The topological polar surface area (TPSA) is 74.1 Å². The average Bonchev–Trinajstić information content (AvgIpc) is 3.12. The summed E-state index contributed by atoms with van der Waals surface area (Å²) in [5, 5.41) is 8.20. The lowest BCUT2D eigenvalue weighted by Gasteiger charge is -2.19. The number of rotatable bonds is 5. The largest absolute Gasteiger partial charge is 0.494 e. The molecule has 154 valence electrons. The second kappa shape index (κ2) is 7.63. The van der Waals surface area contributed by atoms with Gasteiger partial charge in [0, 0.05) is 0 Å². The quantitative estimate of drug-likeness (QED) is 0.624. The van der Waals surface area contributed by atoms with Crippen LogP contribution in [0.2, 0.25) is 0 Å². The van der Waals surface area contributed by atoms with Crippen LogP contribution in [0.5, 0.6) is 5.75 Å². The third-order valence-corrected chi connectivity index (χ3v) is 6.63. The van der Waals surface area contributed by atoms with Crippen LogP contribution >= 0.6 is 0 Å². The van der Waals surface area contributed by atoms with Gasteiger partial charge < -0.3 is 4.74 Å². The van der Waals surface area contributed by atoms with E-state index < -0.39 is 9.84 Å². The molecule has 0 aliphatic heterocycles. The van der Waals surface area contributed by atoms with Crippen molar-refractivity contribution in [2.75, 3.05) is 7.11 Å². The maximum Gasteiger partial charge on any atom is 0.227 e. The van der Waals surface area contributed by atoms with Crippen LogP contribution in [0, 0.1) is 6.92 Å². The van der Waals surface area contributed by atoms with Gasteiger partial charge in [-0.1, -0.05) is 51.1 Å². The predicted octanol–water partition coefficient (Wildman–Crippen LogP) is 4.28. The molecule has 0 aliphatic rings. The Balaban J connectivity index is 2.12. The number of aryl methyl sites for hydroxylation is 1. The average molecular weight is 414 g/mol. The molecule has 0 unspecified atom stereocenters. The van der Waals surface area contributed by atoms with Crippen molar-refractivity contribution in [2.24, 2.45) is 0 Å². The van der Waals surface area contributed by atoms with Gasteiger partial charge in [-0.25, -0.2) is 13.1 Å². The predicted molar refractivity (Wildman–Crippen MR) is 113 cm³/mol. The van der Waals surface area contributed by atoms with Gasteiger partial charge in [0.1, 0.15) is 11.4 Å². The summed E-state index contributed by atoms with van der Waals surface area (Å²) >= 11 is 0. The summed E-state index contributed by atoms with van der Waals surface area (Å²) in [6.07, 6.45) is 0.457. The Hall–Kier alpha value is -2.67. The van der Waals surface area contributed by atoms with Gasteiger partial charge in [-0.2, -0.15) is 0 Å². The number of methoxy groups -OCH3 is 1. The Morgan fingerprint density at radius 1 is 1.07 bits per heavy atom. The van der Waals surface area contributed by atoms with E-state index in [4.69, 9.17) is 4.74 Å². The molecule has 3 rings (SSSR count). The molecular formula is C22H27N3O3S. The molecule has 0 radical (unpaired) electrons. The molecule has 1 heterocycles. The molecule has 1 aromatic heterocycles. The van der Waals surface area contributed by atoms with Crippen molar-refractivity contribution >= 4 is 9.84 Å². The molecule has 0 aliphatic carbocycles. The first-order valence-corrected chi connectivity index (χ1v) is 11.0. The van der Waals surface area contributed by atoms with Gasteiger partial charge in [-0.15, -0.1) is 5.10 Å². The molecular weight excluding hydrogens is 386 g/mol. The van der Waals surface area contributed by atoms with Crippen LogP contribution in [0.4, 0.5) is 0 Å². The maximum absolute atomic E-state index is 13.3. The lowest BCUT2D eigenvalue weighted by Crippen LogP contribution is -2.12. The van der Waals surface area contributed by atoms with Gasteiger partial charge in [-0.3, -0.25) is 0 Å². The van der Waals surface area contributed by atoms with E-state index in [1.165, 1.54) is 0 Å². The van der Waals surface area contributed by atoms with Crippen LogP contribution in [0.15, 0.2) is 52.4 Å². The second-order valence-electron chi connectivity index (χ2n) is 8.06. The number of hydrogen-bond donors (Lipinski definition) is 0. The first kappa shape index (κ1) is 21.0. The lowest BCUT2D eigenvalue weighted by molar-refractivity contribution is 0.411. The van der Waals surface area contributed by atoms with Crippen molar-refractivity contribution in [3.05, 3.63) is 59.3 Å². The minimum Gasteiger partial charge on any atom is -0.494 e. The summed E-state index contributed by atoms with van der Waals surface area (Å²) < 4.78 is 33.6. The molecule has 0 saturated heterocycles. The van der Waals surface area contributed by atoms with Gasteiger partial charge in [0.2, 0.25) is 14.9 Å². The summed E-state index contributed by atoms with van der Waals surface area (Å²) in [6.45, 7) is 10.1. The van der Waals surface area contributed by atoms with E-state index in [-0.39, 0.29) is 15.3 Å². The molecule has 7 heteroatoms. The minimum atomic E-state index is -3.80. The van der Waals surface area contributed by atoms with E-state index in [0.29, 0.717) is 23.6 Å². The zero-order valence-electron chi connectivity index (χ0n) is 17.7. The third kappa shape index (κ3) is 3.92. The van der Waals surface area contributed by atoms with Crippen molar-refractivity contribution in [3.8, 4) is 11.4 Å². The molecule has 6 nitrogen and oxygen atoms in total. The maximum atomic E-state index is 13.3. The van der Waals surface area contributed by atoms with E-state index >= 15 is 0 Å². The Bertz CT molecular complexity index is 1130. The van der Waals surface area contributed by atoms with E-state index in [1.54, 1.807) is 23.9 Å². The summed E-state index contributed by atoms with van der Waals surface area (Å²) in [7, 11) is -2.22. The fourth-order valence-corrected chi connectivity index (χ4v) is 4.60. The van der Waals surface area contributed by atoms with Crippen LogP contribution in [0.25, 0.3) is 5.69 Å². The molecule has 0 atom stereocenters. The number of hydrogen-bond acceptors (Lipinski definition) is 5. The summed E-state index contributed by atoms with van der Waals surface area (Å²) in [4.78, 5) is 0.212. The van der Waals surface area contributed by atoms with E-state index in [1.807, 2.05) is 44.2 Å². The number of sulfone groups is 1. The molecule has 0 amide bonds.